The monoisotopic (exact) mass is 385 g/mol. The van der Waals surface area contributed by atoms with Crippen molar-refractivity contribution in [2.75, 3.05) is 12.2 Å². The maximum atomic E-state index is 13.4. The molecule has 2 aromatic carbocycles. The highest BCUT2D eigenvalue weighted by Crippen LogP contribution is 2.39. The number of anilines is 1. The summed E-state index contributed by atoms with van der Waals surface area (Å²) < 4.78 is 50.4. The summed E-state index contributed by atoms with van der Waals surface area (Å²) in [6.07, 6.45) is -4.69. The van der Waals surface area contributed by atoms with Gasteiger partial charge in [-0.3, -0.25) is 5.21 Å². The molecule has 0 saturated heterocycles. The molecule has 0 fully saturated rings. The first-order valence-electron chi connectivity index (χ1n) is 7.61. The Morgan fingerprint density at radius 1 is 1.19 bits per heavy atom. The Kier molecular flexibility index (Phi) is 6.09. The Labute approximate surface area is 154 Å². The molecule has 2 rings (SSSR count). The first-order chi connectivity index (χ1) is 12.1. The highest BCUT2D eigenvalue weighted by Gasteiger charge is 2.37. The van der Waals surface area contributed by atoms with Crippen molar-refractivity contribution in [2.24, 2.45) is 0 Å². The molecule has 0 unspecified atom stereocenters. The van der Waals surface area contributed by atoms with Crippen LogP contribution in [0.25, 0.3) is 0 Å². The quantitative estimate of drug-likeness (QED) is 0.591. The SMILES string of the molecule is COC(=S)N(O)c1c(COc2ccc(C)cc2C)cccc1C(F)(F)F. The summed E-state index contributed by atoms with van der Waals surface area (Å²) in [7, 11) is 1.16. The van der Waals surface area contributed by atoms with Crippen molar-refractivity contribution in [1.29, 1.82) is 0 Å². The standard InChI is InChI=1S/C18H18F3NO3S/c1-11-7-8-15(12(2)9-11)25-10-13-5-4-6-14(18(19,20)21)16(13)22(23)17(26)24-3/h4-9,23H,10H2,1-3H3. The fraction of sp³-hybridized carbons (Fsp3) is 0.278. The Bertz CT molecular complexity index is 809. The number of ether oxygens (including phenoxy) is 2. The average molecular weight is 385 g/mol. The van der Waals surface area contributed by atoms with Crippen molar-refractivity contribution in [1.82, 2.24) is 0 Å². The third-order valence-corrected chi connectivity index (χ3v) is 4.04. The van der Waals surface area contributed by atoms with Gasteiger partial charge in [0.1, 0.15) is 12.4 Å². The normalized spacial score (nSPS) is 11.2. The molecule has 0 amide bonds. The highest BCUT2D eigenvalue weighted by molar-refractivity contribution is 7.80. The Morgan fingerprint density at radius 2 is 1.88 bits per heavy atom. The van der Waals surface area contributed by atoms with E-state index in [0.717, 1.165) is 24.3 Å². The topological polar surface area (TPSA) is 41.9 Å². The van der Waals surface area contributed by atoms with E-state index in [4.69, 9.17) is 17.0 Å². The molecule has 1 N–H and O–H groups in total. The van der Waals surface area contributed by atoms with Crippen LogP contribution in [0.5, 0.6) is 5.75 Å². The number of halogens is 3. The molecule has 0 aliphatic heterocycles. The van der Waals surface area contributed by atoms with E-state index in [9.17, 15) is 18.4 Å². The number of rotatable bonds is 4. The second-order valence-corrected chi connectivity index (χ2v) is 6.00. The van der Waals surface area contributed by atoms with Crippen LogP contribution in [0.1, 0.15) is 22.3 Å². The number of hydrogen-bond donors (Lipinski definition) is 1. The number of alkyl halides is 3. The minimum atomic E-state index is -4.69. The van der Waals surface area contributed by atoms with Crippen LogP contribution in [0.15, 0.2) is 36.4 Å². The second kappa shape index (κ2) is 7.92. The maximum Gasteiger partial charge on any atom is 0.418 e. The maximum absolute atomic E-state index is 13.4. The molecule has 0 heterocycles. The van der Waals surface area contributed by atoms with Crippen molar-refractivity contribution >= 4 is 23.1 Å². The molecule has 0 atom stereocenters. The minimum Gasteiger partial charge on any atom is -0.489 e. The molecule has 0 radical (unpaired) electrons. The first kappa shape index (κ1) is 20.0. The van der Waals surface area contributed by atoms with E-state index in [0.29, 0.717) is 5.75 Å². The number of benzene rings is 2. The number of para-hydroxylation sites is 1. The number of aryl methyl sites for hydroxylation is 2. The van der Waals surface area contributed by atoms with Gasteiger partial charge in [-0.15, -0.1) is 0 Å². The van der Waals surface area contributed by atoms with Crippen LogP contribution in [-0.2, 0) is 17.5 Å². The number of methoxy groups -OCH3 is 1. The smallest absolute Gasteiger partial charge is 0.418 e. The third kappa shape index (κ3) is 4.44. The minimum absolute atomic E-state index is 0.113. The molecular formula is C18H18F3NO3S. The van der Waals surface area contributed by atoms with Gasteiger partial charge in [-0.25, -0.2) is 0 Å². The van der Waals surface area contributed by atoms with E-state index in [1.807, 2.05) is 26.0 Å². The number of hydroxylamine groups is 1. The molecule has 26 heavy (non-hydrogen) atoms. The van der Waals surface area contributed by atoms with Gasteiger partial charge in [0, 0.05) is 5.56 Å². The zero-order valence-corrected chi connectivity index (χ0v) is 15.2. The number of nitrogens with zero attached hydrogens (tertiary/aromatic N) is 1. The lowest BCUT2D eigenvalue weighted by Gasteiger charge is -2.24. The predicted octanol–water partition coefficient (Wildman–Crippen LogP) is 5.03. The van der Waals surface area contributed by atoms with Crippen molar-refractivity contribution in [3.8, 4) is 5.75 Å². The molecule has 2 aromatic rings. The van der Waals surface area contributed by atoms with E-state index < -0.39 is 22.6 Å². The largest absolute Gasteiger partial charge is 0.489 e. The van der Waals surface area contributed by atoms with Gasteiger partial charge in [0.05, 0.1) is 18.4 Å². The fourth-order valence-corrected chi connectivity index (χ4v) is 2.57. The molecule has 0 spiro atoms. The van der Waals surface area contributed by atoms with Gasteiger partial charge in [-0.1, -0.05) is 29.8 Å². The van der Waals surface area contributed by atoms with E-state index >= 15 is 0 Å². The van der Waals surface area contributed by atoms with Crippen molar-refractivity contribution < 1.29 is 27.9 Å². The summed E-state index contributed by atoms with van der Waals surface area (Å²) in [6.45, 7) is 3.58. The summed E-state index contributed by atoms with van der Waals surface area (Å²) in [5.74, 6) is 0.540. The highest BCUT2D eigenvalue weighted by atomic mass is 32.1. The van der Waals surface area contributed by atoms with E-state index in [-0.39, 0.29) is 17.2 Å². The zero-order chi connectivity index (χ0) is 19.5. The number of hydrogen-bond acceptors (Lipinski definition) is 4. The molecule has 0 bridgehead atoms. The van der Waals surface area contributed by atoms with Gasteiger partial charge in [-0.2, -0.15) is 18.2 Å². The number of thiocarbonyl (C=S) groups is 1. The summed E-state index contributed by atoms with van der Waals surface area (Å²) >= 11 is 4.76. The lowest BCUT2D eigenvalue weighted by atomic mass is 10.1. The Balaban J connectivity index is 2.42. The van der Waals surface area contributed by atoms with Gasteiger partial charge in [0.25, 0.3) is 5.17 Å². The van der Waals surface area contributed by atoms with Crippen LogP contribution < -0.4 is 9.80 Å². The lowest BCUT2D eigenvalue weighted by Crippen LogP contribution is -2.30. The van der Waals surface area contributed by atoms with E-state index in [2.05, 4.69) is 4.74 Å². The van der Waals surface area contributed by atoms with Gasteiger partial charge in [-0.05, 0) is 43.8 Å². The van der Waals surface area contributed by atoms with Crippen LogP contribution in [0.2, 0.25) is 0 Å². The molecule has 8 heteroatoms. The predicted molar refractivity (Wildman–Crippen MR) is 95.6 cm³/mol. The van der Waals surface area contributed by atoms with Crippen LogP contribution in [-0.4, -0.2) is 17.5 Å². The molecule has 0 saturated carbocycles. The summed E-state index contributed by atoms with van der Waals surface area (Å²) in [5, 5.41) is 9.82. The van der Waals surface area contributed by atoms with Gasteiger partial charge in [0.2, 0.25) is 0 Å². The lowest BCUT2D eigenvalue weighted by molar-refractivity contribution is -0.137. The van der Waals surface area contributed by atoms with Crippen molar-refractivity contribution in [3.63, 3.8) is 0 Å². The second-order valence-electron chi connectivity index (χ2n) is 5.65. The van der Waals surface area contributed by atoms with Crippen LogP contribution >= 0.6 is 12.2 Å². The van der Waals surface area contributed by atoms with E-state index in [1.165, 1.54) is 12.1 Å². The average Bonchev–Trinajstić information content (AvgIpc) is 2.58. The van der Waals surface area contributed by atoms with Crippen LogP contribution in [0.3, 0.4) is 0 Å². The molecular weight excluding hydrogens is 367 g/mol. The molecule has 0 aliphatic carbocycles. The zero-order valence-electron chi connectivity index (χ0n) is 14.4. The van der Waals surface area contributed by atoms with Crippen molar-refractivity contribution in [2.45, 2.75) is 26.6 Å². The summed E-state index contributed by atoms with van der Waals surface area (Å²) in [6, 6.07) is 9.02. The summed E-state index contributed by atoms with van der Waals surface area (Å²) in [4.78, 5) is 0. The van der Waals surface area contributed by atoms with Gasteiger partial charge in [0.15, 0.2) is 0 Å². The third-order valence-electron chi connectivity index (χ3n) is 3.70. The van der Waals surface area contributed by atoms with E-state index in [1.54, 1.807) is 6.07 Å². The molecule has 0 aliphatic rings. The van der Waals surface area contributed by atoms with Crippen LogP contribution in [0, 0.1) is 13.8 Å². The fourth-order valence-electron chi connectivity index (χ4n) is 2.48. The first-order valence-corrected chi connectivity index (χ1v) is 8.02. The molecule has 4 nitrogen and oxygen atoms in total. The van der Waals surface area contributed by atoms with Gasteiger partial charge < -0.3 is 9.47 Å². The Hall–Kier alpha value is -2.32. The van der Waals surface area contributed by atoms with Crippen molar-refractivity contribution in [3.05, 3.63) is 58.7 Å². The molecule has 140 valence electrons. The Morgan fingerprint density at radius 3 is 2.46 bits per heavy atom. The molecule has 0 aromatic heterocycles. The van der Waals surface area contributed by atoms with Gasteiger partial charge >= 0.3 is 6.18 Å². The van der Waals surface area contributed by atoms with Crippen LogP contribution in [0.4, 0.5) is 18.9 Å². The summed E-state index contributed by atoms with van der Waals surface area (Å²) in [5.41, 5.74) is 0.452.